The van der Waals surface area contributed by atoms with Crippen molar-refractivity contribution in [1.82, 2.24) is 19.4 Å². The normalized spacial score (nSPS) is 14.8. The number of nitrogens with zero attached hydrogens (tertiary/aromatic N) is 4. The predicted octanol–water partition coefficient (Wildman–Crippen LogP) is 4.67. The molecule has 0 N–H and O–H groups in total. The van der Waals surface area contributed by atoms with Crippen LogP contribution in [0.4, 0.5) is 0 Å². The Bertz CT molecular complexity index is 1510. The van der Waals surface area contributed by atoms with Gasteiger partial charge in [0, 0.05) is 29.7 Å². The lowest BCUT2D eigenvalue weighted by Gasteiger charge is -2.38. The third-order valence-corrected chi connectivity index (χ3v) is 7.69. The lowest BCUT2D eigenvalue weighted by molar-refractivity contribution is -0.135. The summed E-state index contributed by atoms with van der Waals surface area (Å²) in [6.07, 6.45) is 0. The number of ether oxygens (including phenoxy) is 2. The maximum Gasteiger partial charge on any atom is 0.266 e. The molecule has 1 aliphatic heterocycles. The highest BCUT2D eigenvalue weighted by molar-refractivity contribution is 14.1. The van der Waals surface area contributed by atoms with Gasteiger partial charge in [0.15, 0.2) is 6.61 Å². The van der Waals surface area contributed by atoms with E-state index in [0.29, 0.717) is 66.7 Å². The first kappa shape index (κ1) is 27.1. The van der Waals surface area contributed by atoms with E-state index in [1.54, 1.807) is 4.57 Å². The van der Waals surface area contributed by atoms with Crippen LogP contribution in [0, 0.1) is 3.57 Å². The minimum Gasteiger partial charge on any atom is -0.492 e. The molecule has 5 rings (SSSR count). The number of fused-ring (bicyclic) bond motifs is 1. The van der Waals surface area contributed by atoms with Crippen LogP contribution in [0.5, 0.6) is 11.5 Å². The van der Waals surface area contributed by atoms with Gasteiger partial charge >= 0.3 is 0 Å². The molecule has 1 unspecified atom stereocenters. The number of amides is 1. The van der Waals surface area contributed by atoms with Crippen LogP contribution < -0.4 is 15.0 Å². The number of piperazine rings is 1. The summed E-state index contributed by atoms with van der Waals surface area (Å²) >= 11 is 2.24. The van der Waals surface area contributed by atoms with Crippen LogP contribution in [0.1, 0.15) is 25.7 Å². The molecule has 1 fully saturated rings. The van der Waals surface area contributed by atoms with Crippen molar-refractivity contribution in [2.75, 3.05) is 39.4 Å². The number of carbonyl (C=O) groups excluding carboxylic acids is 1. The van der Waals surface area contributed by atoms with Crippen molar-refractivity contribution in [3.8, 4) is 17.2 Å². The van der Waals surface area contributed by atoms with E-state index in [1.165, 1.54) is 0 Å². The summed E-state index contributed by atoms with van der Waals surface area (Å²) in [7, 11) is 0. The van der Waals surface area contributed by atoms with Crippen molar-refractivity contribution in [2.45, 2.75) is 19.9 Å². The van der Waals surface area contributed by atoms with Gasteiger partial charge in [0.2, 0.25) is 0 Å². The number of para-hydroxylation sites is 3. The molecule has 0 radical (unpaired) electrons. The number of hydrogen-bond donors (Lipinski definition) is 0. The second-order valence-corrected chi connectivity index (χ2v) is 10.6. The summed E-state index contributed by atoms with van der Waals surface area (Å²) in [5.41, 5.74) is 1.21. The van der Waals surface area contributed by atoms with E-state index >= 15 is 0 Å². The Balaban J connectivity index is 1.37. The van der Waals surface area contributed by atoms with Crippen LogP contribution >= 0.6 is 22.6 Å². The Morgan fingerprint density at radius 1 is 0.949 bits per heavy atom. The first-order chi connectivity index (χ1) is 19.0. The number of carbonyl (C=O) groups is 1. The maximum absolute atomic E-state index is 13.8. The number of rotatable bonds is 8. The van der Waals surface area contributed by atoms with Gasteiger partial charge in [-0.15, -0.1) is 0 Å². The molecular weight excluding hydrogens is 607 g/mol. The van der Waals surface area contributed by atoms with Crippen molar-refractivity contribution >= 4 is 39.4 Å². The molecule has 3 aromatic carbocycles. The standard InChI is InChI=1S/C30H31IN4O4/c1-3-38-27-11-7-6-10-26(27)35-29(32-25-9-5-4-8-24(25)30(35)37)21(2)33-16-18-34(19-17-33)28(36)20-39-23-14-12-22(31)13-15-23/h4-15,21H,3,16-20H2,1-2H3. The fourth-order valence-electron chi connectivity index (χ4n) is 4.87. The average Bonchev–Trinajstić information content (AvgIpc) is 2.97. The fourth-order valence-corrected chi connectivity index (χ4v) is 5.23. The molecule has 39 heavy (non-hydrogen) atoms. The molecule has 1 aliphatic rings. The second-order valence-electron chi connectivity index (χ2n) is 9.36. The largest absolute Gasteiger partial charge is 0.492 e. The van der Waals surface area contributed by atoms with Gasteiger partial charge in [-0.05, 0) is 85.0 Å². The number of hydrogen-bond acceptors (Lipinski definition) is 6. The lowest BCUT2D eigenvalue weighted by atomic mass is 10.1. The third kappa shape index (κ3) is 5.94. The molecule has 2 heterocycles. The van der Waals surface area contributed by atoms with Crippen molar-refractivity contribution in [3.63, 3.8) is 0 Å². The molecule has 9 heteroatoms. The van der Waals surface area contributed by atoms with Gasteiger partial charge in [-0.25, -0.2) is 4.98 Å². The Morgan fingerprint density at radius 2 is 1.64 bits per heavy atom. The van der Waals surface area contributed by atoms with Gasteiger partial charge in [0.05, 0.1) is 29.2 Å². The zero-order valence-corrected chi connectivity index (χ0v) is 24.2. The molecule has 1 atom stereocenters. The summed E-state index contributed by atoms with van der Waals surface area (Å²) in [6, 6.07) is 22.5. The summed E-state index contributed by atoms with van der Waals surface area (Å²) in [6.45, 7) is 6.95. The molecule has 1 amide bonds. The van der Waals surface area contributed by atoms with Crippen LogP contribution in [0.25, 0.3) is 16.6 Å². The Morgan fingerprint density at radius 3 is 2.38 bits per heavy atom. The highest BCUT2D eigenvalue weighted by Gasteiger charge is 2.29. The van der Waals surface area contributed by atoms with Crippen LogP contribution in [0.3, 0.4) is 0 Å². The van der Waals surface area contributed by atoms with E-state index in [1.807, 2.05) is 84.6 Å². The van der Waals surface area contributed by atoms with Gasteiger partial charge in [-0.1, -0.05) is 24.3 Å². The van der Waals surface area contributed by atoms with Gasteiger partial charge < -0.3 is 14.4 Å². The zero-order chi connectivity index (χ0) is 27.4. The Hall–Kier alpha value is -3.44. The van der Waals surface area contributed by atoms with Crippen molar-refractivity contribution < 1.29 is 14.3 Å². The minimum absolute atomic E-state index is 0.0101. The first-order valence-electron chi connectivity index (χ1n) is 13.1. The minimum atomic E-state index is -0.169. The number of halogens is 1. The smallest absolute Gasteiger partial charge is 0.266 e. The predicted molar refractivity (Wildman–Crippen MR) is 160 cm³/mol. The third-order valence-electron chi connectivity index (χ3n) is 6.97. The quantitative estimate of drug-likeness (QED) is 0.261. The van der Waals surface area contributed by atoms with Gasteiger partial charge in [-0.3, -0.25) is 19.1 Å². The van der Waals surface area contributed by atoms with Crippen molar-refractivity contribution in [3.05, 3.63) is 92.5 Å². The van der Waals surface area contributed by atoms with E-state index in [0.717, 1.165) is 3.57 Å². The second kappa shape index (κ2) is 12.2. The molecule has 0 saturated carbocycles. The van der Waals surface area contributed by atoms with E-state index in [2.05, 4.69) is 34.4 Å². The molecule has 0 bridgehead atoms. The van der Waals surface area contributed by atoms with E-state index < -0.39 is 0 Å². The van der Waals surface area contributed by atoms with E-state index in [4.69, 9.17) is 14.5 Å². The summed E-state index contributed by atoms with van der Waals surface area (Å²) in [4.78, 5) is 35.7. The molecule has 0 spiro atoms. The molecule has 4 aromatic rings. The summed E-state index contributed by atoms with van der Waals surface area (Å²) < 4.78 is 14.4. The van der Waals surface area contributed by atoms with Crippen molar-refractivity contribution in [1.29, 1.82) is 0 Å². The molecular formula is C30H31IN4O4. The number of benzene rings is 3. The lowest BCUT2D eigenvalue weighted by Crippen LogP contribution is -2.51. The first-order valence-corrected chi connectivity index (χ1v) is 14.2. The molecule has 1 saturated heterocycles. The van der Waals surface area contributed by atoms with Crippen LogP contribution in [-0.2, 0) is 4.79 Å². The highest BCUT2D eigenvalue weighted by Crippen LogP contribution is 2.28. The highest BCUT2D eigenvalue weighted by atomic mass is 127. The van der Waals surface area contributed by atoms with E-state index in [-0.39, 0.29) is 24.1 Å². The van der Waals surface area contributed by atoms with Gasteiger partial charge in [0.25, 0.3) is 11.5 Å². The van der Waals surface area contributed by atoms with Crippen molar-refractivity contribution in [2.24, 2.45) is 0 Å². The average molecular weight is 639 g/mol. The van der Waals surface area contributed by atoms with Crippen LogP contribution in [0.15, 0.2) is 77.6 Å². The fraction of sp³-hybridized carbons (Fsp3) is 0.300. The van der Waals surface area contributed by atoms with Crippen LogP contribution in [0.2, 0.25) is 0 Å². The van der Waals surface area contributed by atoms with Gasteiger partial charge in [-0.2, -0.15) is 0 Å². The maximum atomic E-state index is 13.8. The topological polar surface area (TPSA) is 76.9 Å². The molecule has 202 valence electrons. The van der Waals surface area contributed by atoms with Gasteiger partial charge in [0.1, 0.15) is 17.3 Å². The Labute approximate surface area is 241 Å². The monoisotopic (exact) mass is 638 g/mol. The van der Waals surface area contributed by atoms with E-state index in [9.17, 15) is 9.59 Å². The zero-order valence-electron chi connectivity index (χ0n) is 22.0. The summed E-state index contributed by atoms with van der Waals surface area (Å²) in [5, 5.41) is 0.559. The molecule has 8 nitrogen and oxygen atoms in total. The Kier molecular flexibility index (Phi) is 8.47. The molecule has 0 aliphatic carbocycles. The molecule has 1 aromatic heterocycles. The summed E-state index contributed by atoms with van der Waals surface area (Å²) in [5.74, 6) is 1.93. The van der Waals surface area contributed by atoms with Crippen LogP contribution in [-0.4, -0.2) is 64.7 Å². The SMILES string of the molecule is CCOc1ccccc1-n1c(C(C)N2CCN(C(=O)COc3ccc(I)cc3)CC2)nc2ccccc2c1=O. The number of aromatic nitrogens is 2.